The maximum absolute atomic E-state index is 12.7. The van der Waals surface area contributed by atoms with Crippen LogP contribution in [0.5, 0.6) is 0 Å². The maximum Gasteiger partial charge on any atom is 0.307 e. The van der Waals surface area contributed by atoms with Gasteiger partial charge in [-0.3, -0.25) is 9.59 Å². The summed E-state index contributed by atoms with van der Waals surface area (Å²) in [6.45, 7) is 0.642. The Kier molecular flexibility index (Phi) is 5.40. The van der Waals surface area contributed by atoms with Crippen molar-refractivity contribution in [2.24, 2.45) is 11.8 Å². The molecule has 0 aromatic rings. The van der Waals surface area contributed by atoms with E-state index < -0.39 is 17.8 Å². The Hall–Kier alpha value is -1.10. The van der Waals surface area contributed by atoms with Crippen molar-refractivity contribution in [3.8, 4) is 0 Å². The molecule has 5 nitrogen and oxygen atoms in total. The summed E-state index contributed by atoms with van der Waals surface area (Å²) in [6, 6.07) is -0.124. The Morgan fingerprint density at radius 3 is 2.25 bits per heavy atom. The van der Waals surface area contributed by atoms with Crippen molar-refractivity contribution >= 4 is 11.9 Å². The summed E-state index contributed by atoms with van der Waals surface area (Å²) in [6.07, 6.45) is 6.98. The third-order valence-corrected chi connectivity index (χ3v) is 4.77. The van der Waals surface area contributed by atoms with E-state index in [1.54, 1.807) is 4.90 Å². The van der Waals surface area contributed by atoms with Crippen LogP contribution in [0.2, 0.25) is 0 Å². The summed E-state index contributed by atoms with van der Waals surface area (Å²) in [4.78, 5) is 25.9. The van der Waals surface area contributed by atoms with Crippen molar-refractivity contribution < 1.29 is 19.8 Å². The van der Waals surface area contributed by atoms with Gasteiger partial charge >= 0.3 is 5.97 Å². The van der Waals surface area contributed by atoms with Gasteiger partial charge in [0.15, 0.2) is 0 Å². The first-order chi connectivity index (χ1) is 9.65. The fourth-order valence-electron chi connectivity index (χ4n) is 3.59. The minimum Gasteiger partial charge on any atom is -0.481 e. The highest BCUT2D eigenvalue weighted by molar-refractivity contribution is 5.85. The van der Waals surface area contributed by atoms with E-state index in [1.807, 2.05) is 0 Å². The highest BCUT2D eigenvalue weighted by Gasteiger charge is 2.39. The van der Waals surface area contributed by atoms with Crippen LogP contribution in [0.25, 0.3) is 0 Å². The molecule has 5 heteroatoms. The fourth-order valence-corrected chi connectivity index (χ4v) is 3.59. The molecule has 1 aliphatic carbocycles. The summed E-state index contributed by atoms with van der Waals surface area (Å²) >= 11 is 0. The zero-order valence-electron chi connectivity index (χ0n) is 12.0. The second-order valence-corrected chi connectivity index (χ2v) is 6.05. The second-order valence-electron chi connectivity index (χ2n) is 6.05. The molecule has 114 valence electrons. The van der Waals surface area contributed by atoms with E-state index in [0.29, 0.717) is 19.4 Å². The first-order valence-corrected chi connectivity index (χ1v) is 7.79. The second kappa shape index (κ2) is 7.07. The molecule has 1 heterocycles. The van der Waals surface area contributed by atoms with Crippen LogP contribution in [-0.2, 0) is 9.59 Å². The van der Waals surface area contributed by atoms with Gasteiger partial charge in [0.1, 0.15) is 0 Å². The third kappa shape index (κ3) is 3.32. The number of aliphatic carboxylic acids is 1. The Balaban J connectivity index is 2.12. The molecule has 2 N–H and O–H groups in total. The first-order valence-electron chi connectivity index (χ1n) is 7.79. The number of aliphatic hydroxyl groups excluding tert-OH is 1. The monoisotopic (exact) mass is 283 g/mol. The number of carbonyl (C=O) groups excluding carboxylic acids is 1. The summed E-state index contributed by atoms with van der Waals surface area (Å²) < 4.78 is 0. The van der Waals surface area contributed by atoms with Crippen molar-refractivity contribution in [1.82, 2.24) is 4.90 Å². The SMILES string of the molecule is O=C(O)C1CCCCC1C(=O)N1CCCCCC1CO. The highest BCUT2D eigenvalue weighted by Crippen LogP contribution is 2.33. The Morgan fingerprint density at radius 1 is 0.950 bits per heavy atom. The van der Waals surface area contributed by atoms with Gasteiger partial charge in [0.05, 0.1) is 24.5 Å². The number of hydrogen-bond donors (Lipinski definition) is 2. The standard InChI is InChI=1S/C15H25NO4/c17-10-11-6-2-1-5-9-16(11)14(18)12-7-3-4-8-13(12)15(19)20/h11-13,17H,1-10H2,(H,19,20). The van der Waals surface area contributed by atoms with Crippen molar-refractivity contribution in [1.29, 1.82) is 0 Å². The van der Waals surface area contributed by atoms with Gasteiger partial charge in [-0.25, -0.2) is 0 Å². The van der Waals surface area contributed by atoms with Gasteiger partial charge in [-0.1, -0.05) is 25.7 Å². The average Bonchev–Trinajstić information content (AvgIpc) is 2.71. The van der Waals surface area contributed by atoms with Crippen LogP contribution in [0.15, 0.2) is 0 Å². The minimum atomic E-state index is -0.849. The molecule has 0 aromatic carbocycles. The summed E-state index contributed by atoms with van der Waals surface area (Å²) in [5.74, 6) is -1.83. The normalized spacial score (nSPS) is 31.6. The number of nitrogens with zero attached hydrogens (tertiary/aromatic N) is 1. The quantitative estimate of drug-likeness (QED) is 0.825. The van der Waals surface area contributed by atoms with E-state index in [0.717, 1.165) is 38.5 Å². The molecule has 3 atom stereocenters. The van der Waals surface area contributed by atoms with Gasteiger partial charge in [-0.05, 0) is 25.7 Å². The van der Waals surface area contributed by atoms with E-state index >= 15 is 0 Å². The molecular formula is C15H25NO4. The van der Waals surface area contributed by atoms with Gasteiger partial charge in [0.25, 0.3) is 0 Å². The number of rotatable bonds is 3. The molecular weight excluding hydrogens is 258 g/mol. The predicted molar refractivity (Wildman–Crippen MR) is 74.1 cm³/mol. The third-order valence-electron chi connectivity index (χ3n) is 4.77. The molecule has 1 saturated heterocycles. The molecule has 0 bridgehead atoms. The van der Waals surface area contributed by atoms with Gasteiger partial charge in [-0.15, -0.1) is 0 Å². The van der Waals surface area contributed by atoms with Crippen LogP contribution in [0.4, 0.5) is 0 Å². The highest BCUT2D eigenvalue weighted by atomic mass is 16.4. The lowest BCUT2D eigenvalue weighted by molar-refractivity contribution is -0.153. The van der Waals surface area contributed by atoms with Crippen molar-refractivity contribution in [3.05, 3.63) is 0 Å². The molecule has 0 radical (unpaired) electrons. The van der Waals surface area contributed by atoms with E-state index in [-0.39, 0.29) is 18.6 Å². The van der Waals surface area contributed by atoms with Crippen LogP contribution in [0.3, 0.4) is 0 Å². The molecule has 2 fully saturated rings. The lowest BCUT2D eigenvalue weighted by Crippen LogP contribution is -2.48. The Morgan fingerprint density at radius 2 is 1.60 bits per heavy atom. The number of aliphatic hydroxyl groups is 1. The van der Waals surface area contributed by atoms with Gasteiger partial charge in [0, 0.05) is 6.54 Å². The molecule has 20 heavy (non-hydrogen) atoms. The smallest absolute Gasteiger partial charge is 0.307 e. The Labute approximate surface area is 120 Å². The number of carboxylic acids is 1. The van der Waals surface area contributed by atoms with Crippen LogP contribution >= 0.6 is 0 Å². The Bertz CT molecular complexity index is 358. The molecule has 1 amide bonds. The number of likely N-dealkylation sites (tertiary alicyclic amines) is 1. The number of hydrogen-bond acceptors (Lipinski definition) is 3. The molecule has 1 aliphatic heterocycles. The van der Waals surface area contributed by atoms with E-state index in [9.17, 15) is 19.8 Å². The molecule has 0 spiro atoms. The fraction of sp³-hybridized carbons (Fsp3) is 0.867. The average molecular weight is 283 g/mol. The molecule has 2 aliphatic rings. The summed E-state index contributed by atoms with van der Waals surface area (Å²) in [7, 11) is 0. The lowest BCUT2D eigenvalue weighted by Gasteiger charge is -2.35. The van der Waals surface area contributed by atoms with Gasteiger partial charge in [0.2, 0.25) is 5.91 Å². The van der Waals surface area contributed by atoms with E-state index in [1.165, 1.54) is 0 Å². The summed E-state index contributed by atoms with van der Waals surface area (Å²) in [5, 5.41) is 18.8. The minimum absolute atomic E-state index is 0.0177. The number of amides is 1. The maximum atomic E-state index is 12.7. The van der Waals surface area contributed by atoms with Crippen LogP contribution in [-0.4, -0.2) is 46.2 Å². The van der Waals surface area contributed by atoms with Crippen molar-refractivity contribution in [2.75, 3.05) is 13.2 Å². The zero-order valence-corrected chi connectivity index (χ0v) is 12.0. The van der Waals surface area contributed by atoms with Crippen LogP contribution < -0.4 is 0 Å². The molecule has 0 aromatic heterocycles. The summed E-state index contributed by atoms with van der Waals surface area (Å²) in [5.41, 5.74) is 0. The van der Waals surface area contributed by atoms with Crippen LogP contribution in [0, 0.1) is 11.8 Å². The van der Waals surface area contributed by atoms with Crippen molar-refractivity contribution in [2.45, 2.75) is 57.4 Å². The van der Waals surface area contributed by atoms with Crippen molar-refractivity contribution in [3.63, 3.8) is 0 Å². The topological polar surface area (TPSA) is 77.8 Å². The van der Waals surface area contributed by atoms with E-state index in [2.05, 4.69) is 0 Å². The number of carboxylic acid groups (broad SMARTS) is 1. The molecule has 1 saturated carbocycles. The van der Waals surface area contributed by atoms with E-state index in [4.69, 9.17) is 0 Å². The number of carbonyl (C=O) groups is 2. The molecule has 3 unspecified atom stereocenters. The lowest BCUT2D eigenvalue weighted by atomic mass is 9.78. The predicted octanol–water partition coefficient (Wildman–Crippen LogP) is 1.64. The largest absolute Gasteiger partial charge is 0.481 e. The van der Waals surface area contributed by atoms with Gasteiger partial charge < -0.3 is 15.1 Å². The zero-order chi connectivity index (χ0) is 14.5. The van der Waals surface area contributed by atoms with Gasteiger partial charge in [-0.2, -0.15) is 0 Å². The molecule has 2 rings (SSSR count). The van der Waals surface area contributed by atoms with Crippen LogP contribution in [0.1, 0.15) is 51.4 Å². The first kappa shape index (κ1) is 15.3.